The summed E-state index contributed by atoms with van der Waals surface area (Å²) in [5.41, 5.74) is 2.78. The molecule has 0 aliphatic rings. The molecule has 0 radical (unpaired) electrons. The maximum Gasteiger partial charge on any atom is 0.338 e. The van der Waals surface area contributed by atoms with Gasteiger partial charge >= 0.3 is 11.9 Å². The predicted octanol–water partition coefficient (Wildman–Crippen LogP) is 9.21. The van der Waals surface area contributed by atoms with Gasteiger partial charge in [0.15, 0.2) is 10.9 Å². The Labute approximate surface area is 293 Å². The van der Waals surface area contributed by atoms with E-state index in [1.165, 1.54) is 38.5 Å². The highest BCUT2D eigenvalue weighted by Gasteiger charge is 2.09. The van der Waals surface area contributed by atoms with E-state index in [0.29, 0.717) is 66.2 Å². The first-order chi connectivity index (χ1) is 25.2. The lowest BCUT2D eigenvalue weighted by Crippen LogP contribution is -2.00. The highest BCUT2D eigenvalue weighted by molar-refractivity contribution is 5.93. The average molecular weight is 693 g/mol. The highest BCUT2D eigenvalue weighted by Crippen LogP contribution is 2.19. The fraction of sp³-hybridized carbons (Fsp3) is 0.0476. The van der Waals surface area contributed by atoms with Crippen LogP contribution < -0.4 is 10.9 Å². The molecule has 13 rings (SSSR count). The van der Waals surface area contributed by atoms with Gasteiger partial charge in [-0.05, 0) is 121 Å². The molecule has 0 atom stereocenters. The lowest BCUT2D eigenvalue weighted by molar-refractivity contribution is 0.0592. The zero-order valence-electron chi connectivity index (χ0n) is 27.8. The fourth-order valence-electron chi connectivity index (χ4n) is 5.43. The molecule has 0 saturated carbocycles. The van der Waals surface area contributed by atoms with Crippen LogP contribution in [0.5, 0.6) is 0 Å². The number of rotatable bonds is 2. The standard InChI is InChI=1S/C42H28O10/c1-47-41(45)29-19-35-23-36(20-29)50-32-13-5-26(6-14-32)40(44)28-9-17-34(18-10-28)52-38-22-30(42(46)48-2)21-37(24-38)51-33-15-7-27(8-16-33)39(43)25-3-11-31(49-35)12-4-25/h3-24H,1-2H3. The summed E-state index contributed by atoms with van der Waals surface area (Å²) in [7, 11) is 2.55. The van der Waals surface area contributed by atoms with Gasteiger partial charge in [0.2, 0.25) is 0 Å². The van der Waals surface area contributed by atoms with Gasteiger partial charge in [-0.1, -0.05) is 0 Å². The second kappa shape index (κ2) is 14.3. The molecule has 256 valence electrons. The topological polar surface area (TPSA) is 139 Å². The molecule has 0 unspecified atom stereocenters. The summed E-state index contributed by atoms with van der Waals surface area (Å²) in [5, 5.41) is 1.68. The summed E-state index contributed by atoms with van der Waals surface area (Å²) in [6, 6.07) is 35.5. The molecule has 7 heterocycles. The van der Waals surface area contributed by atoms with Gasteiger partial charge in [0.1, 0.15) is 44.7 Å². The molecule has 0 spiro atoms. The Morgan fingerprint density at radius 1 is 0.365 bits per heavy atom. The summed E-state index contributed by atoms with van der Waals surface area (Å²) in [6.45, 7) is 0. The number of benzene rings is 6. The molecule has 0 fully saturated rings. The van der Waals surface area contributed by atoms with Crippen molar-refractivity contribution in [3.05, 3.63) is 165 Å². The zero-order chi connectivity index (χ0) is 36.2. The molecular weight excluding hydrogens is 664 g/mol. The van der Waals surface area contributed by atoms with E-state index in [-0.39, 0.29) is 22.0 Å². The van der Waals surface area contributed by atoms with Crippen LogP contribution in [0.3, 0.4) is 0 Å². The fourth-order valence-corrected chi connectivity index (χ4v) is 5.43. The quantitative estimate of drug-likeness (QED) is 0.161. The van der Waals surface area contributed by atoms with Crippen LogP contribution in [0.1, 0.15) is 20.7 Å². The first kappa shape index (κ1) is 33.3. The van der Waals surface area contributed by atoms with Gasteiger partial charge in [0, 0.05) is 33.7 Å². The van der Waals surface area contributed by atoms with Crippen molar-refractivity contribution in [2.24, 2.45) is 0 Å². The maximum absolute atomic E-state index is 13.3. The van der Waals surface area contributed by atoms with Crippen molar-refractivity contribution in [3.63, 3.8) is 0 Å². The first-order valence-corrected chi connectivity index (χ1v) is 15.9. The minimum Gasteiger partial charge on any atom is -0.465 e. The van der Waals surface area contributed by atoms with Gasteiger partial charge in [-0.25, -0.2) is 9.59 Å². The van der Waals surface area contributed by atoms with Crippen molar-refractivity contribution in [1.82, 2.24) is 0 Å². The van der Waals surface area contributed by atoms with E-state index in [1.807, 2.05) is 0 Å². The van der Waals surface area contributed by atoms with Crippen LogP contribution in [-0.4, -0.2) is 26.2 Å². The minimum atomic E-state index is -0.588. The Morgan fingerprint density at radius 3 is 0.808 bits per heavy atom. The van der Waals surface area contributed by atoms with Crippen molar-refractivity contribution in [1.29, 1.82) is 0 Å². The molecule has 52 heavy (non-hydrogen) atoms. The number of esters is 2. The van der Waals surface area contributed by atoms with Crippen molar-refractivity contribution in [2.75, 3.05) is 14.2 Å². The van der Waals surface area contributed by atoms with Crippen LogP contribution in [0.4, 0.5) is 0 Å². The third kappa shape index (κ3) is 7.36. The van der Waals surface area contributed by atoms with E-state index in [1.54, 1.807) is 109 Å². The van der Waals surface area contributed by atoms with E-state index in [2.05, 4.69) is 0 Å². The molecule has 13 aromatic rings. The van der Waals surface area contributed by atoms with Crippen molar-refractivity contribution in [3.8, 4) is 0 Å². The number of hydrogen-bond donors (Lipinski definition) is 0. The number of ether oxygens (including phenoxy) is 2. The van der Waals surface area contributed by atoms with E-state index in [4.69, 9.17) is 27.1 Å². The number of carbonyl (C=O) groups excluding carboxylic acids is 2. The van der Waals surface area contributed by atoms with Crippen molar-refractivity contribution >= 4 is 78.1 Å². The molecule has 0 aliphatic carbocycles. The van der Waals surface area contributed by atoms with Gasteiger partial charge in [-0.2, -0.15) is 0 Å². The molecule has 10 nitrogen and oxygen atoms in total. The molecule has 10 heteroatoms. The maximum atomic E-state index is 13.3. The van der Waals surface area contributed by atoms with Crippen molar-refractivity contribution < 1.29 is 36.7 Å². The summed E-state index contributed by atoms with van der Waals surface area (Å²) in [5.74, 6) is -1.18. The van der Waals surface area contributed by atoms with Crippen LogP contribution in [0.25, 0.3) is 66.2 Å². The second-order valence-electron chi connectivity index (χ2n) is 11.5. The third-order valence-electron chi connectivity index (χ3n) is 8.01. The van der Waals surface area contributed by atoms with Gasteiger partial charge in [0.25, 0.3) is 0 Å². The second-order valence-corrected chi connectivity index (χ2v) is 11.5. The molecule has 0 aliphatic heterocycles. The molecule has 6 aromatic carbocycles. The van der Waals surface area contributed by atoms with Gasteiger partial charge < -0.3 is 27.1 Å². The zero-order valence-corrected chi connectivity index (χ0v) is 27.8. The first-order valence-electron chi connectivity index (χ1n) is 15.9. The highest BCUT2D eigenvalue weighted by atomic mass is 16.5. The van der Waals surface area contributed by atoms with Gasteiger partial charge in [-0.15, -0.1) is 0 Å². The normalized spacial score (nSPS) is 10.8. The molecule has 0 amide bonds. The Morgan fingerprint density at radius 2 is 0.596 bits per heavy atom. The van der Waals surface area contributed by atoms with Crippen LogP contribution >= 0.6 is 0 Å². The van der Waals surface area contributed by atoms with Crippen LogP contribution in [0.2, 0.25) is 0 Å². The van der Waals surface area contributed by atoms with Crippen molar-refractivity contribution in [2.45, 2.75) is 0 Å². The summed E-state index contributed by atoms with van der Waals surface area (Å²) in [4.78, 5) is 51.6. The monoisotopic (exact) mass is 692 g/mol. The third-order valence-corrected chi connectivity index (χ3v) is 8.01. The smallest absolute Gasteiger partial charge is 0.338 e. The molecule has 0 saturated heterocycles. The Kier molecular flexibility index (Phi) is 9.18. The number of methoxy groups -OCH3 is 2. The molecule has 12 bridgehead atoms. The Hall–Kier alpha value is -7.20. The Balaban J connectivity index is 1.49. The van der Waals surface area contributed by atoms with Gasteiger partial charge in [-0.3, -0.25) is 9.59 Å². The van der Waals surface area contributed by atoms with Crippen LogP contribution in [0, 0.1) is 0 Å². The summed E-state index contributed by atoms with van der Waals surface area (Å²) >= 11 is 0. The van der Waals surface area contributed by atoms with Crippen LogP contribution in [0.15, 0.2) is 161 Å². The summed E-state index contributed by atoms with van der Waals surface area (Å²) in [6.07, 6.45) is 0. The number of hydrogen-bond acceptors (Lipinski definition) is 10. The lowest BCUT2D eigenvalue weighted by atomic mass is 10.2. The van der Waals surface area contributed by atoms with Gasteiger partial charge in [0.05, 0.1) is 25.3 Å². The van der Waals surface area contributed by atoms with E-state index >= 15 is 0 Å². The molecular formula is C42H28O10. The lowest BCUT2D eigenvalue weighted by Gasteiger charge is -2.00. The number of carbonyl (C=O) groups is 2. The summed E-state index contributed by atoms with van der Waals surface area (Å²) < 4.78 is 34.0. The van der Waals surface area contributed by atoms with E-state index in [9.17, 15) is 19.2 Å². The SMILES string of the molecule is COC(=O)c1cc2cc(c1)oc1ccc(cc1)c(=O)c1ccc(cc1)oc1cc(C(=O)OC)cc(c1)oc1ccc(cc1)c(=O)c1ccc(cc1)o2. The minimum absolute atomic E-state index is 0.198. The molecule has 7 aromatic heterocycles. The predicted molar refractivity (Wildman–Crippen MR) is 197 cm³/mol. The van der Waals surface area contributed by atoms with Crippen LogP contribution in [-0.2, 0) is 9.47 Å². The van der Waals surface area contributed by atoms with E-state index in [0.717, 1.165) is 0 Å². The average Bonchev–Trinajstić information content (AvgIpc) is 3.17. The Bertz CT molecular complexity index is 2470. The van der Waals surface area contributed by atoms with E-state index < -0.39 is 11.9 Å². The largest absolute Gasteiger partial charge is 0.465 e. The molecule has 0 N–H and O–H groups in total.